The lowest BCUT2D eigenvalue weighted by Crippen LogP contribution is -2.55. The summed E-state index contributed by atoms with van der Waals surface area (Å²) in [4.78, 5) is 100. The van der Waals surface area contributed by atoms with Crippen LogP contribution in [0.3, 0.4) is 0 Å². The molecule has 0 spiro atoms. The van der Waals surface area contributed by atoms with Crippen molar-refractivity contribution in [1.82, 2.24) is 0 Å². The highest BCUT2D eigenvalue weighted by Gasteiger charge is 2.73. The Morgan fingerprint density at radius 3 is 0.956 bits per heavy atom. The molecule has 0 saturated heterocycles. The van der Waals surface area contributed by atoms with E-state index < -0.39 is 193 Å². The van der Waals surface area contributed by atoms with Gasteiger partial charge in [0.15, 0.2) is 40.7 Å². The summed E-state index contributed by atoms with van der Waals surface area (Å²) in [6.45, 7) is 0. The first-order valence-corrected chi connectivity index (χ1v) is 17.9. The molecule has 4 aromatic rings. The van der Waals surface area contributed by atoms with E-state index in [-0.39, 0.29) is 48.6 Å². The van der Waals surface area contributed by atoms with Crippen LogP contribution in [0.25, 0.3) is 0 Å². The summed E-state index contributed by atoms with van der Waals surface area (Å²) in [5.41, 5.74) is -28.0. The van der Waals surface area contributed by atoms with Gasteiger partial charge in [-0.15, -0.1) is 0 Å². The summed E-state index contributed by atoms with van der Waals surface area (Å²) < 4.78 is 242. The number of imide groups is 4. The fourth-order valence-electron chi connectivity index (χ4n) is 7.86. The third kappa shape index (κ3) is 6.03. The number of hydrogen-bond acceptors (Lipinski definition) is 8. The Morgan fingerprint density at radius 2 is 0.632 bits per heavy atom. The maximum Gasteiger partial charge on any atom is 0.422 e. The van der Waals surface area contributed by atoms with Crippen LogP contribution in [0.15, 0.2) is 60.7 Å². The second kappa shape index (κ2) is 14.6. The first kappa shape index (κ1) is 46.3. The van der Waals surface area contributed by atoms with Gasteiger partial charge in [0.05, 0.1) is 22.3 Å². The molecular weight excluding hydrogens is 968 g/mol. The molecule has 4 aliphatic heterocycles. The summed E-state index contributed by atoms with van der Waals surface area (Å²) in [6, 6.07) is -0.985. The second-order valence-electron chi connectivity index (χ2n) is 14.3. The van der Waals surface area contributed by atoms with Gasteiger partial charge >= 0.3 is 18.5 Å². The molecule has 0 saturated carbocycles. The van der Waals surface area contributed by atoms with Gasteiger partial charge in [-0.25, -0.2) is 50.3 Å². The zero-order valence-electron chi connectivity index (χ0n) is 31.9. The highest BCUT2D eigenvalue weighted by molar-refractivity contribution is 6.36. The Labute approximate surface area is 362 Å². The van der Waals surface area contributed by atoms with E-state index in [1.807, 2.05) is 0 Å². The van der Waals surface area contributed by atoms with Crippen LogP contribution in [0, 0.1) is 40.7 Å². The first-order valence-electron chi connectivity index (χ1n) is 17.9. The molecule has 0 fully saturated rings. The van der Waals surface area contributed by atoms with Crippen LogP contribution in [-0.2, 0) is 30.8 Å². The molecule has 28 heteroatoms. The predicted octanol–water partition coefficient (Wildman–Crippen LogP) is 7.55. The third-order valence-electron chi connectivity index (χ3n) is 10.8. The summed E-state index contributed by atoms with van der Waals surface area (Å²) in [5, 5.41) is 0. The van der Waals surface area contributed by atoms with Gasteiger partial charge in [0.2, 0.25) is 5.41 Å². The number of halogens is 16. The van der Waals surface area contributed by atoms with Crippen LogP contribution in [0.5, 0.6) is 0 Å². The number of carbonyl (C=O) groups excluding carboxylic acids is 8. The number of amides is 8. The number of rotatable bonds is 6. The Morgan fingerprint density at radius 1 is 0.338 bits per heavy atom. The topological polar surface area (TPSA) is 150 Å². The molecule has 0 atom stereocenters. The lowest BCUT2D eigenvalue weighted by Gasteiger charge is -2.38. The number of carbonyl (C=O) groups is 8. The summed E-state index contributed by atoms with van der Waals surface area (Å²) in [6.07, 6.45) is -18.4. The number of alkyl halides is 9. The zero-order chi connectivity index (χ0) is 50.4. The largest absolute Gasteiger partial charge is 0.422 e. The zero-order valence-corrected chi connectivity index (χ0v) is 31.9. The van der Waals surface area contributed by atoms with Crippen LogP contribution in [0.1, 0.15) is 58.1 Å². The molecule has 350 valence electrons. The normalized spacial score (nSPS) is 16.5. The van der Waals surface area contributed by atoms with E-state index in [1.54, 1.807) is 0 Å². The number of hydrogen-bond donors (Lipinski definition) is 0. The van der Waals surface area contributed by atoms with E-state index >= 15 is 48.3 Å². The molecule has 0 aromatic heterocycles. The van der Waals surface area contributed by atoms with Crippen LogP contribution in [-0.4, -0.2) is 59.6 Å². The Bertz CT molecular complexity index is 3160. The van der Waals surface area contributed by atoms with Crippen molar-refractivity contribution >= 4 is 70.0 Å². The van der Waals surface area contributed by atoms with Crippen molar-refractivity contribution in [3.05, 3.63) is 140 Å². The van der Waals surface area contributed by atoms with E-state index in [4.69, 9.17) is 0 Å². The summed E-state index contributed by atoms with van der Waals surface area (Å²) in [5.74, 6) is -35.0. The van der Waals surface area contributed by atoms with Gasteiger partial charge in [-0.1, -0.05) is 12.1 Å². The fraction of sp³-hybridized carbons (Fsp3) is 0.100. The number of nitrogens with zero attached hydrogens (tertiary/aromatic N) is 4. The molecule has 4 aliphatic rings. The lowest BCUT2D eigenvalue weighted by atomic mass is 9.71. The van der Waals surface area contributed by atoms with E-state index in [9.17, 15) is 60.3 Å². The van der Waals surface area contributed by atoms with Gasteiger partial charge < -0.3 is 0 Å². The standard InChI is InChI=1S/C40H10F16N4O8/c41-22-21(38(48,49)50)23(42)30(27(46)29(22)57-17(61)5-6-18(57)62)59-33(65)13-3-1-11(9-15(13)35(59)67)37(39(51,52)53,40(54,55)56)12-2-4-14-16(10-12)36(68)60(34(14)66)32-26(45)24(43)25(44)31(28(32)47)58-19(63)7-8-20(58)64/h1-10H. The van der Waals surface area contributed by atoms with Gasteiger partial charge in [-0.2, -0.15) is 39.5 Å². The molecule has 8 amide bonds. The van der Waals surface area contributed by atoms with Crippen LogP contribution < -0.4 is 19.6 Å². The van der Waals surface area contributed by atoms with Crippen LogP contribution in [0.4, 0.5) is 93.0 Å². The molecule has 68 heavy (non-hydrogen) atoms. The Balaban J connectivity index is 1.28. The maximum atomic E-state index is 16.1. The van der Waals surface area contributed by atoms with Crippen molar-refractivity contribution in [1.29, 1.82) is 0 Å². The summed E-state index contributed by atoms with van der Waals surface area (Å²) in [7, 11) is 0. The van der Waals surface area contributed by atoms with Crippen molar-refractivity contribution in [2.24, 2.45) is 0 Å². The third-order valence-corrected chi connectivity index (χ3v) is 10.8. The van der Waals surface area contributed by atoms with Gasteiger partial charge in [-0.3, -0.25) is 38.4 Å². The number of anilines is 4. The van der Waals surface area contributed by atoms with Gasteiger partial charge in [0, 0.05) is 24.3 Å². The molecule has 0 radical (unpaired) electrons. The quantitative estimate of drug-likeness (QED) is 0.0833. The Kier molecular flexibility index (Phi) is 9.98. The van der Waals surface area contributed by atoms with Crippen molar-refractivity contribution in [2.45, 2.75) is 23.9 Å². The van der Waals surface area contributed by atoms with Gasteiger partial charge in [0.25, 0.3) is 47.3 Å². The molecule has 0 bridgehead atoms. The van der Waals surface area contributed by atoms with Crippen LogP contribution in [0.2, 0.25) is 0 Å². The molecular formula is C40H10F16N4O8. The molecule has 4 heterocycles. The second-order valence-corrected chi connectivity index (χ2v) is 14.3. The molecule has 0 unspecified atom stereocenters. The van der Waals surface area contributed by atoms with E-state index in [0.717, 1.165) is 0 Å². The minimum atomic E-state index is -6.75. The highest BCUT2D eigenvalue weighted by atomic mass is 19.4. The van der Waals surface area contributed by atoms with Crippen molar-refractivity contribution in [2.75, 3.05) is 19.6 Å². The van der Waals surface area contributed by atoms with E-state index in [2.05, 4.69) is 0 Å². The maximum absolute atomic E-state index is 16.1. The monoisotopic (exact) mass is 978 g/mol. The number of fused-ring (bicyclic) bond motifs is 2. The molecule has 0 aliphatic carbocycles. The fourth-order valence-corrected chi connectivity index (χ4v) is 7.86. The molecule has 4 aromatic carbocycles. The predicted molar refractivity (Wildman–Crippen MR) is 189 cm³/mol. The van der Waals surface area contributed by atoms with Crippen LogP contribution >= 0.6 is 0 Å². The first-order chi connectivity index (χ1) is 31.4. The smallest absolute Gasteiger partial charge is 0.269 e. The molecule has 0 N–H and O–H groups in total. The van der Waals surface area contributed by atoms with Crippen molar-refractivity contribution in [3.63, 3.8) is 0 Å². The molecule has 12 nitrogen and oxygen atoms in total. The van der Waals surface area contributed by atoms with Crippen molar-refractivity contribution < 1.29 is 109 Å². The SMILES string of the molecule is O=C1C=CC(=O)N1c1c(F)c(F)c(F)c(N2C(=O)c3ccc(C(c4ccc5c(c4)C(=O)N(c4c(F)c(N6C(=O)C=CC6=O)c(F)c(C(F)(F)F)c4F)C5=O)(C(F)(F)F)C(F)(F)F)cc3C2=O)c1F. The van der Waals surface area contributed by atoms with Gasteiger partial charge in [0.1, 0.15) is 28.3 Å². The van der Waals surface area contributed by atoms with Gasteiger partial charge in [-0.05, 0) is 35.4 Å². The van der Waals surface area contributed by atoms with Crippen molar-refractivity contribution in [3.8, 4) is 0 Å². The lowest BCUT2D eigenvalue weighted by molar-refractivity contribution is -0.288. The number of benzene rings is 4. The average Bonchev–Trinajstić information content (AvgIpc) is 3.90. The Hall–Kier alpha value is -8.20. The minimum Gasteiger partial charge on any atom is -0.269 e. The summed E-state index contributed by atoms with van der Waals surface area (Å²) >= 11 is 0. The van der Waals surface area contributed by atoms with E-state index in [0.29, 0.717) is 12.2 Å². The minimum absolute atomic E-state index is 0.0130. The van der Waals surface area contributed by atoms with E-state index in [1.165, 1.54) is 0 Å². The average molecular weight is 979 g/mol. The highest BCUT2D eigenvalue weighted by Crippen LogP contribution is 2.57. The molecule has 8 rings (SSSR count).